The van der Waals surface area contributed by atoms with Crippen LogP contribution in [0.4, 0.5) is 11.8 Å². The van der Waals surface area contributed by atoms with E-state index >= 15 is 0 Å². The molecule has 3 N–H and O–H groups in total. The van der Waals surface area contributed by atoms with Crippen LogP contribution in [0, 0.1) is 6.92 Å². The van der Waals surface area contributed by atoms with E-state index in [0.717, 1.165) is 29.2 Å². The van der Waals surface area contributed by atoms with E-state index < -0.39 is 0 Å². The average molecular weight is 286 g/mol. The molecule has 0 amide bonds. The lowest BCUT2D eigenvalue weighted by atomic mass is 10.4. The lowest BCUT2D eigenvalue weighted by molar-refractivity contribution is 0.627. The van der Waals surface area contributed by atoms with Gasteiger partial charge in [-0.3, -0.25) is 4.68 Å². The fraction of sp³-hybridized carbons (Fsp3) is 0.385. The van der Waals surface area contributed by atoms with E-state index in [2.05, 4.69) is 32.3 Å². The third-order valence-electron chi connectivity index (χ3n) is 3.50. The van der Waals surface area contributed by atoms with Gasteiger partial charge in [0.15, 0.2) is 17.0 Å². The van der Waals surface area contributed by atoms with Gasteiger partial charge < -0.3 is 15.6 Å². The molecule has 0 bridgehead atoms. The zero-order chi connectivity index (χ0) is 15.0. The van der Waals surface area contributed by atoms with Crippen molar-refractivity contribution < 1.29 is 0 Å². The number of aryl methyl sites for hydroxylation is 3. The molecule has 0 aliphatic heterocycles. The third kappa shape index (κ3) is 2.28. The average Bonchev–Trinajstić information content (AvgIpc) is 3.03. The number of fused-ring (bicyclic) bond motifs is 1. The second-order valence-corrected chi connectivity index (χ2v) is 4.81. The number of anilines is 2. The predicted octanol–water partition coefficient (Wildman–Crippen LogP) is 1.08. The van der Waals surface area contributed by atoms with Gasteiger partial charge in [0.2, 0.25) is 5.95 Å². The number of nitrogens with two attached hydrogens (primary N) is 1. The molecule has 8 nitrogen and oxygen atoms in total. The molecular formula is C13H18N8. The minimum Gasteiger partial charge on any atom is -0.368 e. The normalized spacial score (nSPS) is 11.2. The summed E-state index contributed by atoms with van der Waals surface area (Å²) in [5.74, 6) is 1.74. The van der Waals surface area contributed by atoms with Gasteiger partial charge in [-0.15, -0.1) is 0 Å². The summed E-state index contributed by atoms with van der Waals surface area (Å²) in [6.45, 7) is 5.41. The Balaban J connectivity index is 1.95. The van der Waals surface area contributed by atoms with Crippen LogP contribution < -0.4 is 11.1 Å². The maximum absolute atomic E-state index is 5.79. The highest BCUT2D eigenvalue weighted by atomic mass is 15.3. The molecule has 0 unspecified atom stereocenters. The Morgan fingerprint density at radius 2 is 2.10 bits per heavy atom. The summed E-state index contributed by atoms with van der Waals surface area (Å²) >= 11 is 0. The predicted molar refractivity (Wildman–Crippen MR) is 80.7 cm³/mol. The van der Waals surface area contributed by atoms with Gasteiger partial charge in [0, 0.05) is 19.8 Å². The van der Waals surface area contributed by atoms with Crippen LogP contribution in [0.2, 0.25) is 0 Å². The number of rotatable bonds is 4. The zero-order valence-corrected chi connectivity index (χ0v) is 12.3. The fourth-order valence-corrected chi connectivity index (χ4v) is 2.28. The van der Waals surface area contributed by atoms with Crippen molar-refractivity contribution in [2.24, 2.45) is 7.05 Å². The third-order valence-corrected chi connectivity index (χ3v) is 3.50. The van der Waals surface area contributed by atoms with Gasteiger partial charge in [-0.25, -0.2) is 4.98 Å². The molecule has 0 atom stereocenters. The molecule has 110 valence electrons. The van der Waals surface area contributed by atoms with Gasteiger partial charge >= 0.3 is 0 Å². The van der Waals surface area contributed by atoms with E-state index in [1.165, 1.54) is 0 Å². The maximum Gasteiger partial charge on any atom is 0.224 e. The van der Waals surface area contributed by atoms with Gasteiger partial charge in [0.25, 0.3) is 0 Å². The molecule has 3 rings (SSSR count). The van der Waals surface area contributed by atoms with Gasteiger partial charge in [0.1, 0.15) is 5.82 Å². The van der Waals surface area contributed by atoms with E-state index in [4.69, 9.17) is 5.73 Å². The van der Waals surface area contributed by atoms with Crippen molar-refractivity contribution in [3.05, 3.63) is 23.8 Å². The van der Waals surface area contributed by atoms with Crippen molar-refractivity contribution >= 4 is 22.9 Å². The van der Waals surface area contributed by atoms with Gasteiger partial charge in [0.05, 0.1) is 12.2 Å². The Morgan fingerprint density at radius 3 is 2.86 bits per heavy atom. The van der Waals surface area contributed by atoms with Crippen LogP contribution in [0.25, 0.3) is 11.2 Å². The first-order chi connectivity index (χ1) is 10.1. The quantitative estimate of drug-likeness (QED) is 0.744. The number of hydrogen-bond acceptors (Lipinski definition) is 6. The van der Waals surface area contributed by atoms with Crippen LogP contribution >= 0.6 is 0 Å². The zero-order valence-electron chi connectivity index (χ0n) is 12.3. The number of hydrogen-bond donors (Lipinski definition) is 2. The van der Waals surface area contributed by atoms with Crippen LogP contribution in [0.15, 0.2) is 12.3 Å². The highest BCUT2D eigenvalue weighted by Gasteiger charge is 2.13. The minimum atomic E-state index is 0.233. The SMILES string of the molecule is CCn1nccc1CNc1nc(N)nc2c1nc(C)n2C. The number of aromatic nitrogens is 6. The summed E-state index contributed by atoms with van der Waals surface area (Å²) in [4.78, 5) is 13.0. The molecule has 8 heteroatoms. The van der Waals surface area contributed by atoms with Gasteiger partial charge in [-0.2, -0.15) is 15.1 Å². The van der Waals surface area contributed by atoms with Crippen molar-refractivity contribution in [3.8, 4) is 0 Å². The smallest absolute Gasteiger partial charge is 0.224 e. The molecule has 3 aromatic heterocycles. The molecule has 21 heavy (non-hydrogen) atoms. The fourth-order valence-electron chi connectivity index (χ4n) is 2.28. The van der Waals surface area contributed by atoms with Crippen LogP contribution in [0.1, 0.15) is 18.4 Å². The van der Waals surface area contributed by atoms with Crippen molar-refractivity contribution in [3.63, 3.8) is 0 Å². The van der Waals surface area contributed by atoms with Gasteiger partial charge in [-0.1, -0.05) is 0 Å². The second kappa shape index (κ2) is 5.04. The maximum atomic E-state index is 5.79. The first kappa shape index (κ1) is 13.3. The number of nitrogens with one attached hydrogen (secondary N) is 1. The molecule has 0 spiro atoms. The molecule has 0 saturated carbocycles. The largest absolute Gasteiger partial charge is 0.368 e. The summed E-state index contributed by atoms with van der Waals surface area (Å²) in [5, 5.41) is 7.52. The van der Waals surface area contributed by atoms with E-state index in [1.807, 2.05) is 29.3 Å². The van der Waals surface area contributed by atoms with Crippen LogP contribution in [-0.4, -0.2) is 29.3 Å². The number of nitrogens with zero attached hydrogens (tertiary/aromatic N) is 6. The lowest BCUT2D eigenvalue weighted by Crippen LogP contribution is -2.10. The van der Waals surface area contributed by atoms with Crippen molar-refractivity contribution in [1.82, 2.24) is 29.3 Å². The van der Waals surface area contributed by atoms with Crippen LogP contribution in [0.5, 0.6) is 0 Å². The molecule has 0 aliphatic rings. The second-order valence-electron chi connectivity index (χ2n) is 4.81. The monoisotopic (exact) mass is 286 g/mol. The molecule has 0 aliphatic carbocycles. The van der Waals surface area contributed by atoms with Crippen molar-refractivity contribution in [1.29, 1.82) is 0 Å². The Morgan fingerprint density at radius 1 is 1.29 bits per heavy atom. The van der Waals surface area contributed by atoms with Crippen LogP contribution in [0.3, 0.4) is 0 Å². The Labute approximate surface area is 122 Å². The van der Waals surface area contributed by atoms with Gasteiger partial charge in [-0.05, 0) is 19.9 Å². The van der Waals surface area contributed by atoms with Crippen LogP contribution in [-0.2, 0) is 20.1 Å². The topological polar surface area (TPSA) is 99.5 Å². The molecular weight excluding hydrogens is 268 g/mol. The first-order valence-electron chi connectivity index (χ1n) is 6.81. The summed E-state index contributed by atoms with van der Waals surface area (Å²) in [7, 11) is 1.91. The van der Waals surface area contributed by atoms with E-state index in [-0.39, 0.29) is 5.95 Å². The molecule has 0 radical (unpaired) electrons. The molecule has 0 aromatic carbocycles. The molecule has 0 fully saturated rings. The molecule has 3 aromatic rings. The summed E-state index contributed by atoms with van der Waals surface area (Å²) in [6, 6.07) is 1.97. The Hall–Kier alpha value is -2.64. The summed E-state index contributed by atoms with van der Waals surface area (Å²) in [6.07, 6.45) is 1.79. The van der Waals surface area contributed by atoms with Crippen molar-refractivity contribution in [2.45, 2.75) is 26.9 Å². The van der Waals surface area contributed by atoms with Crippen molar-refractivity contribution in [2.75, 3.05) is 11.1 Å². The van der Waals surface area contributed by atoms with E-state index in [0.29, 0.717) is 12.4 Å². The van der Waals surface area contributed by atoms with E-state index in [9.17, 15) is 0 Å². The lowest BCUT2D eigenvalue weighted by Gasteiger charge is -2.08. The Bertz CT molecular complexity index is 785. The highest BCUT2D eigenvalue weighted by molar-refractivity contribution is 5.84. The summed E-state index contributed by atoms with van der Waals surface area (Å²) in [5.41, 5.74) is 8.32. The molecule has 0 saturated heterocycles. The highest BCUT2D eigenvalue weighted by Crippen LogP contribution is 2.21. The summed E-state index contributed by atoms with van der Waals surface area (Å²) < 4.78 is 3.83. The first-order valence-corrected chi connectivity index (χ1v) is 6.81. The molecule has 3 heterocycles. The standard InChI is InChI=1S/C13H18N8/c1-4-21-9(5-6-16-21)7-15-11-10-12(19-13(14)18-11)20(3)8(2)17-10/h5-6H,4,7H2,1-3H3,(H3,14,15,18,19). The minimum absolute atomic E-state index is 0.233. The van der Waals surface area contributed by atoms with E-state index in [1.54, 1.807) is 6.20 Å². The Kier molecular flexibility index (Phi) is 3.20. The number of imidazole rings is 1. The number of nitrogen functional groups attached to an aromatic ring is 1.